The fourth-order valence-electron chi connectivity index (χ4n) is 2.71. The Balaban J connectivity index is 1.78. The van der Waals surface area contributed by atoms with Crippen molar-refractivity contribution in [1.29, 1.82) is 0 Å². The maximum atomic E-state index is 14.4. The molecule has 7 heteroatoms. The fourth-order valence-corrected chi connectivity index (χ4v) is 2.71. The highest BCUT2D eigenvalue weighted by molar-refractivity contribution is 5.49. The van der Waals surface area contributed by atoms with Crippen molar-refractivity contribution in [3.8, 4) is 29.4 Å². The monoisotopic (exact) mass is 455 g/mol. The summed E-state index contributed by atoms with van der Waals surface area (Å²) in [5.74, 6) is 6.23. The van der Waals surface area contributed by atoms with Crippen molar-refractivity contribution in [1.82, 2.24) is 4.98 Å². The largest absolute Gasteiger partial charge is 0.492 e. The van der Waals surface area contributed by atoms with Crippen LogP contribution in [0.1, 0.15) is 47.7 Å². The molecule has 1 heterocycles. The first-order chi connectivity index (χ1) is 15.9. The van der Waals surface area contributed by atoms with Gasteiger partial charge in [0.2, 0.25) is 0 Å². The summed E-state index contributed by atoms with van der Waals surface area (Å²) in [5, 5.41) is 0. The first-order valence-corrected chi connectivity index (χ1v) is 10.1. The second-order valence-electron chi connectivity index (χ2n) is 6.95. The Morgan fingerprint density at radius 1 is 0.818 bits per heavy atom. The van der Waals surface area contributed by atoms with Crippen LogP contribution in [-0.2, 0) is 6.67 Å². The number of pyridine rings is 1. The average molecular weight is 455 g/mol. The minimum Gasteiger partial charge on any atom is -0.492 e. The highest BCUT2D eigenvalue weighted by Gasteiger charge is 2.11. The van der Waals surface area contributed by atoms with Gasteiger partial charge in [-0.2, -0.15) is 0 Å². The molecule has 0 aliphatic carbocycles. The number of hydrogen-bond acceptors (Lipinski definition) is 2. The Morgan fingerprint density at radius 3 is 1.97 bits per heavy atom. The van der Waals surface area contributed by atoms with Crippen LogP contribution in [-0.4, -0.2) is 11.6 Å². The Labute approximate surface area is 188 Å². The Morgan fingerprint density at radius 2 is 1.42 bits per heavy atom. The second kappa shape index (κ2) is 11.2. The van der Waals surface area contributed by atoms with Crippen molar-refractivity contribution < 1.29 is 26.7 Å². The van der Waals surface area contributed by atoms with Gasteiger partial charge in [-0.05, 0) is 48.7 Å². The molecule has 0 aliphatic heterocycles. The van der Waals surface area contributed by atoms with E-state index in [1.54, 1.807) is 12.1 Å². The van der Waals surface area contributed by atoms with Crippen molar-refractivity contribution in [2.75, 3.05) is 6.61 Å². The molecule has 0 N–H and O–H groups in total. The van der Waals surface area contributed by atoms with Gasteiger partial charge in [0.25, 0.3) is 0 Å². The van der Waals surface area contributed by atoms with E-state index in [0.29, 0.717) is 18.1 Å². The zero-order valence-corrected chi connectivity index (χ0v) is 17.6. The standard InChI is InChI=1S/C26H18F5NO/c1-2-3-10-33-20-8-7-19(32-16-20)6-4-17-11-23(28)21(24(29)12-17)9-5-18-13-25(30)22(15-27)26(31)14-18/h7-8,11-14,16H,2-3,10,15H2,1H3. The third-order valence-electron chi connectivity index (χ3n) is 4.49. The van der Waals surface area contributed by atoms with E-state index in [2.05, 4.69) is 35.6 Å². The molecule has 0 saturated heterocycles. The molecule has 0 spiro atoms. The van der Waals surface area contributed by atoms with Crippen LogP contribution in [0.3, 0.4) is 0 Å². The van der Waals surface area contributed by atoms with E-state index in [9.17, 15) is 22.0 Å². The lowest BCUT2D eigenvalue weighted by Gasteiger charge is -2.03. The quantitative estimate of drug-likeness (QED) is 0.264. The maximum absolute atomic E-state index is 14.4. The minimum atomic E-state index is -1.32. The number of ether oxygens (including phenoxy) is 1. The fraction of sp³-hybridized carbons (Fsp3) is 0.192. The predicted octanol–water partition coefficient (Wildman–Crippen LogP) is 6.09. The minimum absolute atomic E-state index is 0.0602. The number of nitrogens with zero attached hydrogens (tertiary/aromatic N) is 1. The summed E-state index contributed by atoms with van der Waals surface area (Å²) < 4.78 is 74.1. The molecule has 3 aromatic rings. The Kier molecular flexibility index (Phi) is 8.05. The average Bonchev–Trinajstić information content (AvgIpc) is 2.78. The molecule has 0 radical (unpaired) electrons. The molecule has 0 amide bonds. The molecule has 1 aromatic heterocycles. The summed E-state index contributed by atoms with van der Waals surface area (Å²) in [4.78, 5) is 4.13. The molecule has 0 fully saturated rings. The van der Waals surface area contributed by atoms with Gasteiger partial charge in [0.15, 0.2) is 0 Å². The molecule has 0 saturated carbocycles. The molecular weight excluding hydrogens is 437 g/mol. The third kappa shape index (κ3) is 6.33. The van der Waals surface area contributed by atoms with Crippen LogP contribution < -0.4 is 4.74 Å². The van der Waals surface area contributed by atoms with Crippen LogP contribution in [0.2, 0.25) is 0 Å². The predicted molar refractivity (Wildman–Crippen MR) is 114 cm³/mol. The molecule has 0 aliphatic rings. The molecule has 33 heavy (non-hydrogen) atoms. The van der Waals surface area contributed by atoms with E-state index in [0.717, 1.165) is 37.1 Å². The highest BCUT2D eigenvalue weighted by Crippen LogP contribution is 2.18. The van der Waals surface area contributed by atoms with Crippen LogP contribution in [0.25, 0.3) is 0 Å². The van der Waals surface area contributed by atoms with Crippen molar-refractivity contribution >= 4 is 0 Å². The van der Waals surface area contributed by atoms with Gasteiger partial charge in [-0.1, -0.05) is 31.1 Å². The number of benzene rings is 2. The molecule has 168 valence electrons. The molecule has 3 rings (SSSR count). The molecule has 0 unspecified atom stereocenters. The van der Waals surface area contributed by atoms with Gasteiger partial charge in [-0.15, -0.1) is 0 Å². The number of halogens is 5. The normalized spacial score (nSPS) is 10.1. The lowest BCUT2D eigenvalue weighted by molar-refractivity contribution is 0.308. The van der Waals surface area contributed by atoms with Gasteiger partial charge < -0.3 is 4.74 Å². The molecular formula is C26H18F5NO. The van der Waals surface area contributed by atoms with E-state index in [1.165, 1.54) is 6.20 Å². The van der Waals surface area contributed by atoms with Gasteiger partial charge >= 0.3 is 0 Å². The van der Waals surface area contributed by atoms with E-state index >= 15 is 0 Å². The highest BCUT2D eigenvalue weighted by atomic mass is 19.2. The smallest absolute Gasteiger partial charge is 0.143 e. The van der Waals surface area contributed by atoms with E-state index in [1.807, 2.05) is 0 Å². The van der Waals surface area contributed by atoms with Crippen molar-refractivity contribution in [2.24, 2.45) is 0 Å². The molecule has 0 atom stereocenters. The Hall–Kier alpha value is -3.84. The van der Waals surface area contributed by atoms with Crippen LogP contribution in [0.15, 0.2) is 42.6 Å². The van der Waals surface area contributed by atoms with E-state index in [-0.39, 0.29) is 11.1 Å². The van der Waals surface area contributed by atoms with Crippen LogP contribution in [0.5, 0.6) is 5.75 Å². The van der Waals surface area contributed by atoms with E-state index in [4.69, 9.17) is 4.74 Å². The summed E-state index contributed by atoms with van der Waals surface area (Å²) >= 11 is 0. The molecule has 2 aromatic carbocycles. The maximum Gasteiger partial charge on any atom is 0.143 e. The first-order valence-electron chi connectivity index (χ1n) is 10.1. The Bertz CT molecular complexity index is 1220. The van der Waals surface area contributed by atoms with Gasteiger partial charge in [0, 0.05) is 11.1 Å². The van der Waals surface area contributed by atoms with Crippen LogP contribution in [0.4, 0.5) is 22.0 Å². The lowest BCUT2D eigenvalue weighted by atomic mass is 10.1. The summed E-state index contributed by atoms with van der Waals surface area (Å²) in [7, 11) is 0. The summed E-state index contributed by atoms with van der Waals surface area (Å²) in [6.45, 7) is 1.33. The van der Waals surface area contributed by atoms with Gasteiger partial charge in [0.05, 0.1) is 23.9 Å². The van der Waals surface area contributed by atoms with E-state index < -0.39 is 41.1 Å². The zero-order chi connectivity index (χ0) is 23.8. The first kappa shape index (κ1) is 23.8. The third-order valence-corrected chi connectivity index (χ3v) is 4.49. The number of alkyl halides is 1. The topological polar surface area (TPSA) is 22.1 Å². The second-order valence-corrected chi connectivity index (χ2v) is 6.95. The molecule has 2 nitrogen and oxygen atoms in total. The number of hydrogen-bond donors (Lipinski definition) is 0. The van der Waals surface area contributed by atoms with Crippen LogP contribution in [0, 0.1) is 47.0 Å². The van der Waals surface area contributed by atoms with Gasteiger partial charge in [-0.25, -0.2) is 26.9 Å². The summed E-state index contributed by atoms with van der Waals surface area (Å²) in [6.07, 6.45) is 3.46. The summed E-state index contributed by atoms with van der Waals surface area (Å²) in [5.41, 5.74) is -1.04. The lowest BCUT2D eigenvalue weighted by Crippen LogP contribution is -1.97. The van der Waals surface area contributed by atoms with Gasteiger partial charge in [-0.3, -0.25) is 0 Å². The zero-order valence-electron chi connectivity index (χ0n) is 17.6. The summed E-state index contributed by atoms with van der Waals surface area (Å²) in [6, 6.07) is 6.93. The van der Waals surface area contributed by atoms with Crippen molar-refractivity contribution in [2.45, 2.75) is 26.4 Å². The number of rotatable bonds is 5. The van der Waals surface area contributed by atoms with Crippen LogP contribution >= 0.6 is 0 Å². The van der Waals surface area contributed by atoms with Gasteiger partial charge in [0.1, 0.15) is 41.4 Å². The number of aromatic nitrogens is 1. The number of unbranched alkanes of at least 4 members (excludes halogenated alkanes) is 1. The molecule has 0 bridgehead atoms. The van der Waals surface area contributed by atoms with Crippen molar-refractivity contribution in [3.63, 3.8) is 0 Å². The SMILES string of the molecule is CCCCOc1ccc(C#Cc2cc(F)c(C#Cc3cc(F)c(CF)c(F)c3)c(F)c2)nc1. The van der Waals surface area contributed by atoms with Crippen molar-refractivity contribution in [3.05, 3.63) is 93.8 Å².